The first-order valence-electron chi connectivity index (χ1n) is 7.38. The van der Waals surface area contributed by atoms with Gasteiger partial charge in [-0.05, 0) is 44.0 Å². The van der Waals surface area contributed by atoms with Crippen molar-refractivity contribution in [1.29, 1.82) is 0 Å². The molecule has 0 spiro atoms. The molecule has 1 N–H and O–H groups in total. The Hall–Kier alpha value is -2.50. The van der Waals surface area contributed by atoms with Crippen LogP contribution in [-0.2, 0) is 13.0 Å². The predicted octanol–water partition coefficient (Wildman–Crippen LogP) is 1.91. The lowest BCUT2D eigenvalue weighted by Crippen LogP contribution is -2.28. The Labute approximate surface area is 129 Å². The van der Waals surface area contributed by atoms with Crippen LogP contribution in [0, 0.1) is 6.92 Å². The van der Waals surface area contributed by atoms with Crippen molar-refractivity contribution >= 4 is 5.91 Å². The van der Waals surface area contributed by atoms with Crippen LogP contribution < -0.4 is 14.8 Å². The molecule has 0 saturated heterocycles. The molecule has 1 aliphatic heterocycles. The summed E-state index contributed by atoms with van der Waals surface area (Å²) in [5.74, 6) is 1.45. The highest BCUT2D eigenvalue weighted by atomic mass is 16.7. The number of nitrogens with zero attached hydrogens (tertiary/aromatic N) is 2. The number of amides is 1. The number of fused-ring (bicyclic) bond motifs is 1. The second-order valence-electron chi connectivity index (χ2n) is 5.18. The van der Waals surface area contributed by atoms with Gasteiger partial charge in [-0.2, -0.15) is 5.10 Å². The second kappa shape index (κ2) is 6.09. The summed E-state index contributed by atoms with van der Waals surface area (Å²) in [5, 5.41) is 7.21. The zero-order valence-electron chi connectivity index (χ0n) is 12.8. The molecule has 1 aromatic carbocycles. The molecule has 0 atom stereocenters. The summed E-state index contributed by atoms with van der Waals surface area (Å²) in [6.45, 7) is 5.37. The number of aromatic nitrogens is 2. The molecule has 3 rings (SSSR count). The van der Waals surface area contributed by atoms with Crippen molar-refractivity contribution in [3.8, 4) is 11.5 Å². The molecule has 1 aliphatic rings. The predicted molar refractivity (Wildman–Crippen MR) is 81.2 cm³/mol. The largest absolute Gasteiger partial charge is 0.454 e. The van der Waals surface area contributed by atoms with E-state index in [4.69, 9.17) is 9.47 Å². The molecule has 1 amide bonds. The third-order valence-corrected chi connectivity index (χ3v) is 3.57. The Kier molecular flexibility index (Phi) is 4.00. The van der Waals surface area contributed by atoms with E-state index in [2.05, 4.69) is 10.4 Å². The van der Waals surface area contributed by atoms with Crippen molar-refractivity contribution in [2.75, 3.05) is 13.3 Å². The molecular weight excluding hydrogens is 282 g/mol. The van der Waals surface area contributed by atoms with Crippen LogP contribution in [0.4, 0.5) is 0 Å². The van der Waals surface area contributed by atoms with Gasteiger partial charge in [0.2, 0.25) is 6.79 Å². The van der Waals surface area contributed by atoms with Gasteiger partial charge in [0.1, 0.15) is 5.69 Å². The minimum absolute atomic E-state index is 0.0943. The fraction of sp³-hybridized carbons (Fsp3) is 0.375. The van der Waals surface area contributed by atoms with Gasteiger partial charge in [0.25, 0.3) is 5.91 Å². The summed E-state index contributed by atoms with van der Waals surface area (Å²) in [6, 6.07) is 7.64. The Morgan fingerprint density at radius 2 is 2.14 bits per heavy atom. The molecule has 0 aliphatic carbocycles. The zero-order valence-corrected chi connectivity index (χ0v) is 12.8. The van der Waals surface area contributed by atoms with E-state index in [0.29, 0.717) is 18.8 Å². The first kappa shape index (κ1) is 14.4. The number of aryl methyl sites for hydroxylation is 2. The van der Waals surface area contributed by atoms with E-state index in [9.17, 15) is 4.79 Å². The average Bonchev–Trinajstić information content (AvgIpc) is 3.12. The standard InChI is InChI=1S/C16H19N3O3/c1-3-19-13(8-11(2)18-19)16(20)17-7-6-12-4-5-14-15(9-12)22-10-21-14/h4-5,8-9H,3,6-7,10H2,1-2H3,(H,17,20). The average molecular weight is 301 g/mol. The van der Waals surface area contributed by atoms with E-state index in [-0.39, 0.29) is 12.7 Å². The maximum Gasteiger partial charge on any atom is 0.269 e. The molecular formula is C16H19N3O3. The third kappa shape index (κ3) is 2.90. The normalized spacial score (nSPS) is 12.5. The van der Waals surface area contributed by atoms with Gasteiger partial charge in [-0.3, -0.25) is 9.48 Å². The first-order chi connectivity index (χ1) is 10.7. The van der Waals surface area contributed by atoms with E-state index in [1.165, 1.54) is 0 Å². The Morgan fingerprint density at radius 3 is 2.95 bits per heavy atom. The van der Waals surface area contributed by atoms with Crippen molar-refractivity contribution in [2.45, 2.75) is 26.8 Å². The number of carbonyl (C=O) groups is 1. The lowest BCUT2D eigenvalue weighted by molar-refractivity contribution is 0.0943. The van der Waals surface area contributed by atoms with Gasteiger partial charge < -0.3 is 14.8 Å². The molecule has 2 aromatic rings. The van der Waals surface area contributed by atoms with Crippen molar-refractivity contribution in [1.82, 2.24) is 15.1 Å². The number of benzene rings is 1. The van der Waals surface area contributed by atoms with Crippen LogP contribution in [0.15, 0.2) is 24.3 Å². The van der Waals surface area contributed by atoms with Crippen molar-refractivity contribution < 1.29 is 14.3 Å². The molecule has 0 fully saturated rings. The molecule has 116 valence electrons. The summed E-state index contributed by atoms with van der Waals surface area (Å²) in [6.07, 6.45) is 0.738. The lowest BCUT2D eigenvalue weighted by atomic mass is 10.1. The second-order valence-corrected chi connectivity index (χ2v) is 5.18. The number of hydrogen-bond acceptors (Lipinski definition) is 4. The minimum atomic E-state index is -0.0943. The summed E-state index contributed by atoms with van der Waals surface area (Å²) in [7, 11) is 0. The van der Waals surface area contributed by atoms with E-state index >= 15 is 0 Å². The lowest BCUT2D eigenvalue weighted by Gasteiger charge is -2.07. The molecule has 22 heavy (non-hydrogen) atoms. The number of hydrogen-bond donors (Lipinski definition) is 1. The highest BCUT2D eigenvalue weighted by Crippen LogP contribution is 2.32. The van der Waals surface area contributed by atoms with E-state index < -0.39 is 0 Å². The maximum absolute atomic E-state index is 12.2. The van der Waals surface area contributed by atoms with Crippen LogP contribution in [0.2, 0.25) is 0 Å². The molecule has 0 saturated carbocycles. The van der Waals surface area contributed by atoms with Crippen LogP contribution in [0.25, 0.3) is 0 Å². The Balaban J connectivity index is 1.57. The SMILES string of the molecule is CCn1nc(C)cc1C(=O)NCCc1ccc2c(c1)OCO2. The maximum atomic E-state index is 12.2. The third-order valence-electron chi connectivity index (χ3n) is 3.57. The topological polar surface area (TPSA) is 65.4 Å². The van der Waals surface area contributed by atoms with Gasteiger partial charge in [0, 0.05) is 13.1 Å². The molecule has 6 nitrogen and oxygen atoms in total. The van der Waals surface area contributed by atoms with Gasteiger partial charge in [-0.15, -0.1) is 0 Å². The van der Waals surface area contributed by atoms with Crippen molar-refractivity contribution in [3.05, 3.63) is 41.2 Å². The van der Waals surface area contributed by atoms with Gasteiger partial charge in [0.05, 0.1) is 5.69 Å². The Bertz CT molecular complexity index is 694. The molecule has 0 bridgehead atoms. The quantitative estimate of drug-likeness (QED) is 0.916. The fourth-order valence-corrected chi connectivity index (χ4v) is 2.48. The van der Waals surface area contributed by atoms with Gasteiger partial charge >= 0.3 is 0 Å². The summed E-state index contributed by atoms with van der Waals surface area (Å²) >= 11 is 0. The van der Waals surface area contributed by atoms with Crippen molar-refractivity contribution in [3.63, 3.8) is 0 Å². The summed E-state index contributed by atoms with van der Waals surface area (Å²) in [4.78, 5) is 12.2. The first-order valence-corrected chi connectivity index (χ1v) is 7.38. The molecule has 0 radical (unpaired) electrons. The van der Waals surface area contributed by atoms with Gasteiger partial charge in [-0.1, -0.05) is 6.07 Å². The number of rotatable bonds is 5. The van der Waals surface area contributed by atoms with E-state index in [1.807, 2.05) is 32.0 Å². The van der Waals surface area contributed by atoms with Crippen LogP contribution in [0.1, 0.15) is 28.7 Å². The fourth-order valence-electron chi connectivity index (χ4n) is 2.48. The van der Waals surface area contributed by atoms with E-state index in [1.54, 1.807) is 10.7 Å². The van der Waals surface area contributed by atoms with Crippen LogP contribution in [-0.4, -0.2) is 29.0 Å². The zero-order chi connectivity index (χ0) is 15.5. The number of carbonyl (C=O) groups excluding carboxylic acids is 1. The molecule has 2 heterocycles. The highest BCUT2D eigenvalue weighted by molar-refractivity contribution is 5.92. The van der Waals surface area contributed by atoms with Gasteiger partial charge in [-0.25, -0.2) is 0 Å². The Morgan fingerprint density at radius 1 is 1.32 bits per heavy atom. The van der Waals surface area contributed by atoms with Crippen LogP contribution in [0.5, 0.6) is 11.5 Å². The highest BCUT2D eigenvalue weighted by Gasteiger charge is 2.14. The number of nitrogens with one attached hydrogen (secondary N) is 1. The smallest absolute Gasteiger partial charge is 0.269 e. The minimum Gasteiger partial charge on any atom is -0.454 e. The summed E-state index contributed by atoms with van der Waals surface area (Å²) in [5.41, 5.74) is 2.55. The summed E-state index contributed by atoms with van der Waals surface area (Å²) < 4.78 is 12.3. The van der Waals surface area contributed by atoms with Crippen molar-refractivity contribution in [2.24, 2.45) is 0 Å². The molecule has 1 aromatic heterocycles. The monoisotopic (exact) mass is 301 g/mol. The molecule has 6 heteroatoms. The van der Waals surface area contributed by atoms with Gasteiger partial charge in [0.15, 0.2) is 11.5 Å². The van der Waals surface area contributed by atoms with Crippen LogP contribution in [0.3, 0.4) is 0 Å². The molecule has 0 unspecified atom stereocenters. The van der Waals surface area contributed by atoms with E-state index in [0.717, 1.165) is 29.2 Å². The number of ether oxygens (including phenoxy) is 2. The van der Waals surface area contributed by atoms with Crippen LogP contribution >= 0.6 is 0 Å².